The zero-order chi connectivity index (χ0) is 13.9. The van der Waals surface area contributed by atoms with Crippen LogP contribution in [0.3, 0.4) is 0 Å². The summed E-state index contributed by atoms with van der Waals surface area (Å²) in [4.78, 5) is 18.4. The maximum absolute atomic E-state index is 11.8. The molecule has 1 aliphatic heterocycles. The highest BCUT2D eigenvalue weighted by Gasteiger charge is 2.22. The number of pyridine rings is 2. The molecule has 0 saturated carbocycles. The van der Waals surface area contributed by atoms with Gasteiger partial charge in [-0.3, -0.25) is 4.79 Å². The molecule has 3 rings (SSSR count). The molecule has 5 heteroatoms. The number of anilines is 2. The van der Waals surface area contributed by atoms with Crippen LogP contribution in [0.25, 0.3) is 0 Å². The van der Waals surface area contributed by atoms with Crippen molar-refractivity contribution < 1.29 is 0 Å². The van der Waals surface area contributed by atoms with E-state index in [1.807, 2.05) is 29.0 Å². The first-order valence-electron chi connectivity index (χ1n) is 6.88. The summed E-state index contributed by atoms with van der Waals surface area (Å²) in [6.07, 6.45) is 5.50. The minimum absolute atomic E-state index is 0.0725. The Morgan fingerprint density at radius 1 is 1.15 bits per heavy atom. The average molecular weight is 270 g/mol. The molecule has 0 radical (unpaired) electrons. The van der Waals surface area contributed by atoms with Crippen LogP contribution in [0.4, 0.5) is 11.5 Å². The first-order valence-corrected chi connectivity index (χ1v) is 6.88. The Bertz CT molecular complexity index is 644. The maximum Gasteiger partial charge on any atom is 0.250 e. The van der Waals surface area contributed by atoms with E-state index in [1.165, 1.54) is 0 Å². The van der Waals surface area contributed by atoms with Crippen molar-refractivity contribution in [1.82, 2.24) is 9.55 Å². The zero-order valence-corrected chi connectivity index (χ0v) is 11.3. The molecule has 1 aliphatic rings. The van der Waals surface area contributed by atoms with Crippen molar-refractivity contribution in [3.05, 3.63) is 53.1 Å². The van der Waals surface area contributed by atoms with Gasteiger partial charge in [-0.25, -0.2) is 4.98 Å². The Morgan fingerprint density at radius 3 is 2.65 bits per heavy atom. The van der Waals surface area contributed by atoms with Gasteiger partial charge in [0.25, 0.3) is 5.56 Å². The molecule has 20 heavy (non-hydrogen) atoms. The van der Waals surface area contributed by atoms with Crippen LogP contribution < -0.4 is 16.2 Å². The lowest BCUT2D eigenvalue weighted by molar-refractivity contribution is 0.386. The predicted molar refractivity (Wildman–Crippen MR) is 79.8 cm³/mol. The Kier molecular flexibility index (Phi) is 3.41. The van der Waals surface area contributed by atoms with Crippen LogP contribution >= 0.6 is 0 Å². The van der Waals surface area contributed by atoms with Crippen LogP contribution in [-0.2, 0) is 0 Å². The molecule has 5 nitrogen and oxygen atoms in total. The molecule has 0 bridgehead atoms. The lowest BCUT2D eigenvalue weighted by Crippen LogP contribution is -2.37. The number of hydrogen-bond acceptors (Lipinski definition) is 4. The molecule has 0 unspecified atom stereocenters. The van der Waals surface area contributed by atoms with E-state index < -0.39 is 0 Å². The maximum atomic E-state index is 11.8. The van der Waals surface area contributed by atoms with E-state index in [1.54, 1.807) is 18.3 Å². The van der Waals surface area contributed by atoms with Crippen LogP contribution in [0.15, 0.2) is 47.5 Å². The summed E-state index contributed by atoms with van der Waals surface area (Å²) < 4.78 is 1.83. The second-order valence-electron chi connectivity index (χ2n) is 5.08. The second-order valence-corrected chi connectivity index (χ2v) is 5.08. The Hall–Kier alpha value is -2.30. The third kappa shape index (κ3) is 2.39. The fourth-order valence-corrected chi connectivity index (χ4v) is 2.77. The quantitative estimate of drug-likeness (QED) is 0.901. The third-order valence-corrected chi connectivity index (χ3v) is 3.83. The summed E-state index contributed by atoms with van der Waals surface area (Å²) in [7, 11) is 0. The zero-order valence-electron chi connectivity index (χ0n) is 11.3. The van der Waals surface area contributed by atoms with Crippen LogP contribution in [0.1, 0.15) is 18.9 Å². The van der Waals surface area contributed by atoms with Crippen LogP contribution in [0.5, 0.6) is 0 Å². The summed E-state index contributed by atoms with van der Waals surface area (Å²) in [6.45, 7) is 1.74. The first kappa shape index (κ1) is 12.7. The molecule has 0 spiro atoms. The molecular formula is C15H18N4O. The van der Waals surface area contributed by atoms with Gasteiger partial charge < -0.3 is 15.2 Å². The Balaban J connectivity index is 1.73. The van der Waals surface area contributed by atoms with Crippen LogP contribution in [-0.4, -0.2) is 22.6 Å². The van der Waals surface area contributed by atoms with E-state index in [2.05, 4.69) is 9.88 Å². The van der Waals surface area contributed by atoms with Gasteiger partial charge in [0.05, 0.1) is 5.69 Å². The molecule has 0 aliphatic carbocycles. The second kappa shape index (κ2) is 5.36. The lowest BCUT2D eigenvalue weighted by atomic mass is 10.0. The van der Waals surface area contributed by atoms with Gasteiger partial charge in [-0.2, -0.15) is 0 Å². The largest absolute Gasteiger partial charge is 0.396 e. The highest BCUT2D eigenvalue weighted by molar-refractivity contribution is 5.62. The number of piperidine rings is 1. The van der Waals surface area contributed by atoms with E-state index in [9.17, 15) is 4.79 Å². The molecule has 2 N–H and O–H groups in total. The number of hydrogen-bond donors (Lipinski definition) is 1. The molecule has 0 atom stereocenters. The van der Waals surface area contributed by atoms with Gasteiger partial charge in [0.1, 0.15) is 0 Å². The summed E-state index contributed by atoms with van der Waals surface area (Å²) in [6, 6.07) is 9.28. The SMILES string of the molecule is Nc1cccnc1N1CCC(n2ccccc2=O)CC1. The molecule has 1 fully saturated rings. The molecule has 2 aromatic rings. The molecule has 0 aromatic carbocycles. The van der Waals surface area contributed by atoms with Gasteiger partial charge in [0.15, 0.2) is 5.82 Å². The van der Waals surface area contributed by atoms with Gasteiger partial charge in [0.2, 0.25) is 0 Å². The number of nitrogens with zero attached hydrogens (tertiary/aromatic N) is 3. The van der Waals surface area contributed by atoms with Crippen molar-refractivity contribution in [3.63, 3.8) is 0 Å². The van der Waals surface area contributed by atoms with Crippen molar-refractivity contribution in [3.8, 4) is 0 Å². The van der Waals surface area contributed by atoms with E-state index in [-0.39, 0.29) is 11.6 Å². The summed E-state index contributed by atoms with van der Waals surface area (Å²) in [5.41, 5.74) is 6.75. The average Bonchev–Trinajstić information content (AvgIpc) is 2.49. The first-order chi connectivity index (χ1) is 9.75. The number of aromatic nitrogens is 2. The highest BCUT2D eigenvalue weighted by atomic mass is 16.1. The predicted octanol–water partition coefficient (Wildman–Crippen LogP) is 1.67. The summed E-state index contributed by atoms with van der Waals surface area (Å²) in [5, 5.41) is 0. The smallest absolute Gasteiger partial charge is 0.250 e. The molecule has 104 valence electrons. The molecule has 3 heterocycles. The number of rotatable bonds is 2. The van der Waals surface area contributed by atoms with Gasteiger partial charge in [-0.15, -0.1) is 0 Å². The van der Waals surface area contributed by atoms with Crippen LogP contribution in [0, 0.1) is 0 Å². The van der Waals surface area contributed by atoms with E-state index in [0.29, 0.717) is 5.69 Å². The van der Waals surface area contributed by atoms with E-state index in [0.717, 1.165) is 31.7 Å². The third-order valence-electron chi connectivity index (χ3n) is 3.83. The fraction of sp³-hybridized carbons (Fsp3) is 0.333. The molecule has 1 saturated heterocycles. The minimum Gasteiger partial charge on any atom is -0.396 e. The van der Waals surface area contributed by atoms with E-state index >= 15 is 0 Å². The van der Waals surface area contributed by atoms with Crippen molar-refractivity contribution >= 4 is 11.5 Å². The standard InChI is InChI=1S/C15H18N4O/c16-13-4-3-8-17-15(13)18-10-6-12(7-11-18)19-9-2-1-5-14(19)20/h1-5,8-9,12H,6-7,10-11,16H2. The van der Waals surface area contributed by atoms with Gasteiger partial charge >= 0.3 is 0 Å². The summed E-state index contributed by atoms with van der Waals surface area (Å²) in [5.74, 6) is 0.853. The topological polar surface area (TPSA) is 64.2 Å². The van der Waals surface area contributed by atoms with Crippen LogP contribution in [0.2, 0.25) is 0 Å². The summed E-state index contributed by atoms with van der Waals surface area (Å²) >= 11 is 0. The van der Waals surface area contributed by atoms with Gasteiger partial charge in [-0.05, 0) is 31.0 Å². The van der Waals surface area contributed by atoms with Gasteiger partial charge in [0, 0.05) is 37.6 Å². The van der Waals surface area contributed by atoms with E-state index in [4.69, 9.17) is 5.73 Å². The number of nitrogen functional groups attached to an aromatic ring is 1. The Labute approximate surface area is 117 Å². The van der Waals surface area contributed by atoms with Crippen molar-refractivity contribution in [1.29, 1.82) is 0 Å². The molecular weight excluding hydrogens is 252 g/mol. The van der Waals surface area contributed by atoms with Gasteiger partial charge in [-0.1, -0.05) is 6.07 Å². The Morgan fingerprint density at radius 2 is 1.95 bits per heavy atom. The molecule has 0 amide bonds. The van der Waals surface area contributed by atoms with Crippen molar-refractivity contribution in [2.45, 2.75) is 18.9 Å². The monoisotopic (exact) mass is 270 g/mol. The molecule has 2 aromatic heterocycles. The minimum atomic E-state index is 0.0725. The highest BCUT2D eigenvalue weighted by Crippen LogP contribution is 2.27. The van der Waals surface area contributed by atoms with Crippen molar-refractivity contribution in [2.24, 2.45) is 0 Å². The van der Waals surface area contributed by atoms with Crippen molar-refractivity contribution in [2.75, 3.05) is 23.7 Å². The normalized spacial score (nSPS) is 16.3. The lowest BCUT2D eigenvalue weighted by Gasteiger charge is -2.34. The fourth-order valence-electron chi connectivity index (χ4n) is 2.77. The number of nitrogens with two attached hydrogens (primary N) is 1.